The summed E-state index contributed by atoms with van der Waals surface area (Å²) in [5.74, 6) is 0.625. The second-order valence-electron chi connectivity index (χ2n) is 3.65. The summed E-state index contributed by atoms with van der Waals surface area (Å²) in [5.41, 5.74) is 0.921. The number of benzene rings is 1. The lowest BCUT2D eigenvalue weighted by molar-refractivity contribution is 0.503. The van der Waals surface area contributed by atoms with E-state index in [1.54, 1.807) is 4.80 Å². The molecule has 1 heterocycles. The average Bonchev–Trinajstić information content (AvgIpc) is 2.79. The third-order valence-corrected chi connectivity index (χ3v) is 2.57. The predicted octanol–water partition coefficient (Wildman–Crippen LogP) is 2.96. The van der Waals surface area contributed by atoms with Gasteiger partial charge in [-0.05, 0) is 42.3 Å². The van der Waals surface area contributed by atoms with Gasteiger partial charge in [0.05, 0.1) is 6.54 Å². The molecule has 2 rings (SSSR count). The molecule has 1 aromatic heterocycles. The lowest BCUT2D eigenvalue weighted by Gasteiger charge is -1.95. The van der Waals surface area contributed by atoms with Gasteiger partial charge >= 0.3 is 0 Å². The van der Waals surface area contributed by atoms with Gasteiger partial charge in [-0.3, -0.25) is 0 Å². The van der Waals surface area contributed by atoms with Crippen LogP contribution in [0.25, 0.3) is 11.4 Å². The van der Waals surface area contributed by atoms with Crippen LogP contribution in [0.3, 0.4) is 0 Å². The van der Waals surface area contributed by atoms with Gasteiger partial charge in [0, 0.05) is 10.6 Å². The van der Waals surface area contributed by atoms with E-state index in [0.29, 0.717) is 10.8 Å². The van der Waals surface area contributed by atoms with E-state index >= 15 is 0 Å². The van der Waals surface area contributed by atoms with Gasteiger partial charge in [0.15, 0.2) is 0 Å². The Kier molecular flexibility index (Phi) is 3.88. The lowest BCUT2D eigenvalue weighted by atomic mass is 10.2. The van der Waals surface area contributed by atoms with Crippen molar-refractivity contribution in [3.63, 3.8) is 0 Å². The van der Waals surface area contributed by atoms with Gasteiger partial charge in [-0.2, -0.15) is 4.80 Å². The number of tetrazole rings is 1. The highest BCUT2D eigenvalue weighted by Crippen LogP contribution is 2.16. The van der Waals surface area contributed by atoms with Gasteiger partial charge in [0.2, 0.25) is 5.82 Å². The van der Waals surface area contributed by atoms with Crippen molar-refractivity contribution in [2.75, 3.05) is 0 Å². The molecule has 0 saturated heterocycles. The molecule has 0 atom stereocenters. The normalized spacial score (nSPS) is 10.4. The molecule has 0 radical (unpaired) electrons. The molecule has 0 unspecified atom stereocenters. The minimum Gasteiger partial charge on any atom is -0.164 e. The van der Waals surface area contributed by atoms with Crippen molar-refractivity contribution in [2.24, 2.45) is 0 Å². The summed E-state index contributed by atoms with van der Waals surface area (Å²) in [6.45, 7) is 4.43. The third-order valence-electron chi connectivity index (χ3n) is 2.32. The average molecular weight is 249 g/mol. The fourth-order valence-corrected chi connectivity index (χ4v) is 1.56. The molecule has 2 aromatic rings. The van der Waals surface area contributed by atoms with E-state index in [1.807, 2.05) is 30.3 Å². The molecule has 0 amide bonds. The van der Waals surface area contributed by atoms with E-state index in [0.717, 1.165) is 24.9 Å². The maximum atomic E-state index is 5.82. The van der Waals surface area contributed by atoms with Crippen LogP contribution in [0.15, 0.2) is 36.9 Å². The fraction of sp³-hybridized carbons (Fsp3) is 0.250. The predicted molar refractivity (Wildman–Crippen MR) is 67.7 cm³/mol. The quantitative estimate of drug-likeness (QED) is 0.604. The maximum absolute atomic E-state index is 5.82. The van der Waals surface area contributed by atoms with Crippen molar-refractivity contribution in [2.45, 2.75) is 19.4 Å². The first-order valence-corrected chi connectivity index (χ1v) is 5.82. The molecule has 0 N–H and O–H groups in total. The number of hydrogen-bond donors (Lipinski definition) is 0. The molecule has 0 bridgehead atoms. The second-order valence-corrected chi connectivity index (χ2v) is 4.08. The Morgan fingerprint density at radius 2 is 2.06 bits per heavy atom. The number of allylic oxidation sites excluding steroid dienone is 1. The van der Waals surface area contributed by atoms with Crippen LogP contribution in [0.4, 0.5) is 0 Å². The van der Waals surface area contributed by atoms with Gasteiger partial charge in [-0.1, -0.05) is 17.7 Å². The van der Waals surface area contributed by atoms with E-state index in [2.05, 4.69) is 22.0 Å². The first-order valence-electron chi connectivity index (χ1n) is 5.44. The zero-order valence-corrected chi connectivity index (χ0v) is 10.1. The maximum Gasteiger partial charge on any atom is 0.204 e. The van der Waals surface area contributed by atoms with Crippen molar-refractivity contribution >= 4 is 11.6 Å². The number of hydrogen-bond acceptors (Lipinski definition) is 3. The van der Waals surface area contributed by atoms with Crippen molar-refractivity contribution in [3.8, 4) is 11.4 Å². The zero-order valence-electron chi connectivity index (χ0n) is 9.38. The summed E-state index contributed by atoms with van der Waals surface area (Å²) < 4.78 is 0. The molecule has 0 saturated carbocycles. The first-order chi connectivity index (χ1) is 8.29. The summed E-state index contributed by atoms with van der Waals surface area (Å²) in [7, 11) is 0. The molecule has 0 spiro atoms. The van der Waals surface area contributed by atoms with Crippen LogP contribution in [-0.2, 0) is 6.54 Å². The highest BCUT2D eigenvalue weighted by molar-refractivity contribution is 6.30. The Labute approximate surface area is 105 Å². The van der Waals surface area contributed by atoms with Crippen LogP contribution in [-0.4, -0.2) is 20.2 Å². The Hall–Kier alpha value is -1.68. The monoisotopic (exact) mass is 248 g/mol. The van der Waals surface area contributed by atoms with Gasteiger partial charge in [0.1, 0.15) is 0 Å². The van der Waals surface area contributed by atoms with Crippen molar-refractivity contribution < 1.29 is 0 Å². The van der Waals surface area contributed by atoms with E-state index in [1.165, 1.54) is 0 Å². The number of rotatable bonds is 5. The summed E-state index contributed by atoms with van der Waals surface area (Å²) in [4.78, 5) is 1.60. The first kappa shape index (κ1) is 11.8. The van der Waals surface area contributed by atoms with E-state index in [9.17, 15) is 0 Å². The van der Waals surface area contributed by atoms with E-state index < -0.39 is 0 Å². The Morgan fingerprint density at radius 1 is 1.29 bits per heavy atom. The molecule has 0 aliphatic rings. The van der Waals surface area contributed by atoms with Crippen molar-refractivity contribution in [1.82, 2.24) is 20.2 Å². The van der Waals surface area contributed by atoms with Gasteiger partial charge in [0.25, 0.3) is 0 Å². The molecule has 1 aromatic carbocycles. The molecule has 17 heavy (non-hydrogen) atoms. The number of unbranched alkanes of at least 4 members (excludes halogenated alkanes) is 1. The zero-order chi connectivity index (χ0) is 12.1. The van der Waals surface area contributed by atoms with Crippen molar-refractivity contribution in [1.29, 1.82) is 0 Å². The molecule has 4 nitrogen and oxygen atoms in total. The SMILES string of the molecule is C=CCCCn1nnc(-c2ccc(Cl)cc2)n1. The van der Waals surface area contributed by atoms with Crippen molar-refractivity contribution in [3.05, 3.63) is 41.9 Å². The molecular weight excluding hydrogens is 236 g/mol. The minimum atomic E-state index is 0.625. The smallest absolute Gasteiger partial charge is 0.164 e. The molecule has 0 fully saturated rings. The Balaban J connectivity index is 2.07. The largest absolute Gasteiger partial charge is 0.204 e. The molecular formula is C12H13ClN4. The number of aromatic nitrogens is 4. The molecule has 0 aliphatic carbocycles. The summed E-state index contributed by atoms with van der Waals surface area (Å²) in [6, 6.07) is 7.39. The minimum absolute atomic E-state index is 0.625. The number of halogens is 1. The third kappa shape index (κ3) is 3.14. The van der Waals surface area contributed by atoms with Crippen LogP contribution >= 0.6 is 11.6 Å². The van der Waals surface area contributed by atoms with Crippen LogP contribution in [0.5, 0.6) is 0 Å². The van der Waals surface area contributed by atoms with Gasteiger partial charge in [-0.15, -0.1) is 16.8 Å². The highest BCUT2D eigenvalue weighted by atomic mass is 35.5. The van der Waals surface area contributed by atoms with E-state index in [-0.39, 0.29) is 0 Å². The summed E-state index contributed by atoms with van der Waals surface area (Å²) in [5, 5.41) is 13.0. The lowest BCUT2D eigenvalue weighted by Crippen LogP contribution is -2.02. The topological polar surface area (TPSA) is 43.6 Å². The number of nitrogens with zero attached hydrogens (tertiary/aromatic N) is 4. The number of aryl methyl sites for hydroxylation is 1. The highest BCUT2D eigenvalue weighted by Gasteiger charge is 2.04. The fourth-order valence-electron chi connectivity index (χ4n) is 1.43. The van der Waals surface area contributed by atoms with Gasteiger partial charge < -0.3 is 0 Å². The van der Waals surface area contributed by atoms with Crippen LogP contribution in [0.2, 0.25) is 5.02 Å². The Morgan fingerprint density at radius 3 is 2.76 bits per heavy atom. The van der Waals surface area contributed by atoms with Crippen LogP contribution in [0.1, 0.15) is 12.8 Å². The second kappa shape index (κ2) is 5.59. The van der Waals surface area contributed by atoms with E-state index in [4.69, 9.17) is 11.6 Å². The molecule has 0 aliphatic heterocycles. The summed E-state index contributed by atoms with van der Waals surface area (Å²) >= 11 is 5.82. The standard InChI is InChI=1S/C12H13ClN4/c1-2-3-4-9-17-15-12(14-16-17)10-5-7-11(13)8-6-10/h2,5-8H,1,3-4,9H2. The summed E-state index contributed by atoms with van der Waals surface area (Å²) in [6.07, 6.45) is 3.81. The molecule has 5 heteroatoms. The van der Waals surface area contributed by atoms with Crippen LogP contribution in [0, 0.1) is 0 Å². The molecule has 88 valence electrons. The van der Waals surface area contributed by atoms with Crippen LogP contribution < -0.4 is 0 Å². The van der Waals surface area contributed by atoms with Gasteiger partial charge in [-0.25, -0.2) is 0 Å². The Bertz CT molecular complexity index is 489.